The summed E-state index contributed by atoms with van der Waals surface area (Å²) in [6.07, 6.45) is 8.04. The van der Waals surface area contributed by atoms with Crippen LogP contribution < -0.4 is 11.5 Å². The summed E-state index contributed by atoms with van der Waals surface area (Å²) in [5, 5.41) is 0. The van der Waals surface area contributed by atoms with E-state index in [0.717, 1.165) is 49.6 Å². The van der Waals surface area contributed by atoms with E-state index in [1.807, 2.05) is 38.1 Å². The molecule has 2 nitrogen and oxygen atoms in total. The second-order valence-electron chi connectivity index (χ2n) is 6.04. The van der Waals surface area contributed by atoms with Crippen molar-refractivity contribution in [3.05, 3.63) is 88.5 Å². The van der Waals surface area contributed by atoms with Crippen molar-refractivity contribution in [2.75, 3.05) is 11.5 Å². The molecule has 120 valence electrons. The molecule has 24 heavy (non-hydrogen) atoms. The largest absolute Gasteiger partial charge is 0.399 e. The summed E-state index contributed by atoms with van der Waals surface area (Å²) in [4.78, 5) is 0.833. The minimum Gasteiger partial charge on any atom is -0.399 e. The molecule has 0 atom stereocenters. The van der Waals surface area contributed by atoms with Gasteiger partial charge < -0.3 is 11.5 Å². The Hall–Kier alpha value is -2.65. The quantitative estimate of drug-likeness (QED) is 0.615. The van der Waals surface area contributed by atoms with Crippen molar-refractivity contribution in [1.29, 1.82) is 0 Å². The standard InChI is InChI=1S/C21H20N2S/c1-13-11-16(5-9-19(13)22)21(15-3-7-18(24)8-4-15)17-6-10-20(23)14(2)12-17/h3-12H,22-23H2,1-2H3. The van der Waals surface area contributed by atoms with Crippen LogP contribution in [0.15, 0.2) is 66.3 Å². The van der Waals surface area contributed by atoms with Crippen molar-refractivity contribution in [1.82, 2.24) is 0 Å². The Morgan fingerprint density at radius 2 is 1.21 bits per heavy atom. The molecular weight excluding hydrogens is 312 g/mol. The molecule has 1 aliphatic rings. The predicted molar refractivity (Wildman–Crippen MR) is 108 cm³/mol. The molecule has 2 aromatic carbocycles. The Morgan fingerprint density at radius 1 is 0.750 bits per heavy atom. The summed E-state index contributed by atoms with van der Waals surface area (Å²) in [7, 11) is 0. The fourth-order valence-electron chi connectivity index (χ4n) is 2.78. The first-order valence-corrected chi connectivity index (χ1v) is 8.24. The number of rotatable bonds is 2. The average molecular weight is 332 g/mol. The SMILES string of the molecule is Cc1cc(C(=C2C=CC(=S)C=C2)c2ccc(N)c(C)c2)ccc1N. The highest BCUT2D eigenvalue weighted by molar-refractivity contribution is 7.81. The van der Waals surface area contributed by atoms with Crippen LogP contribution in [0.25, 0.3) is 5.57 Å². The molecule has 3 heteroatoms. The second-order valence-corrected chi connectivity index (χ2v) is 6.51. The molecule has 2 aromatic rings. The van der Waals surface area contributed by atoms with Gasteiger partial charge in [0.25, 0.3) is 0 Å². The molecule has 0 radical (unpaired) electrons. The van der Waals surface area contributed by atoms with Crippen molar-refractivity contribution in [2.24, 2.45) is 0 Å². The Labute approximate surface area is 148 Å². The van der Waals surface area contributed by atoms with Crippen molar-refractivity contribution < 1.29 is 0 Å². The van der Waals surface area contributed by atoms with Gasteiger partial charge in [-0.3, -0.25) is 0 Å². The van der Waals surface area contributed by atoms with Gasteiger partial charge in [0.15, 0.2) is 0 Å². The maximum absolute atomic E-state index is 5.99. The number of allylic oxidation sites excluding steroid dienone is 5. The lowest BCUT2D eigenvalue weighted by Crippen LogP contribution is -1.99. The zero-order valence-corrected chi connectivity index (χ0v) is 14.7. The van der Waals surface area contributed by atoms with Crippen molar-refractivity contribution in [3.8, 4) is 0 Å². The van der Waals surface area contributed by atoms with Crippen LogP contribution in [0.2, 0.25) is 0 Å². The van der Waals surface area contributed by atoms with E-state index in [9.17, 15) is 0 Å². The van der Waals surface area contributed by atoms with Gasteiger partial charge in [-0.2, -0.15) is 0 Å². The lowest BCUT2D eigenvalue weighted by atomic mass is 9.89. The lowest BCUT2D eigenvalue weighted by molar-refractivity contribution is 1.41. The van der Waals surface area contributed by atoms with Crippen LogP contribution in [0.5, 0.6) is 0 Å². The van der Waals surface area contributed by atoms with Crippen molar-refractivity contribution in [2.45, 2.75) is 13.8 Å². The van der Waals surface area contributed by atoms with Crippen LogP contribution in [0.4, 0.5) is 11.4 Å². The zero-order valence-electron chi connectivity index (χ0n) is 13.8. The van der Waals surface area contributed by atoms with Gasteiger partial charge in [-0.05, 0) is 83.7 Å². The number of anilines is 2. The lowest BCUT2D eigenvalue weighted by Gasteiger charge is -2.16. The van der Waals surface area contributed by atoms with Crippen LogP contribution in [0.3, 0.4) is 0 Å². The van der Waals surface area contributed by atoms with Gasteiger partial charge >= 0.3 is 0 Å². The summed E-state index contributed by atoms with van der Waals surface area (Å²) in [6.45, 7) is 4.05. The molecule has 0 aromatic heterocycles. The minimum absolute atomic E-state index is 0.799. The van der Waals surface area contributed by atoms with Crippen LogP contribution in [-0.4, -0.2) is 4.86 Å². The molecule has 0 heterocycles. The maximum atomic E-state index is 5.99. The number of thiocarbonyl (C=S) groups is 1. The smallest absolute Gasteiger partial charge is 0.0377 e. The minimum atomic E-state index is 0.799. The number of aryl methyl sites for hydroxylation is 2. The molecule has 0 spiro atoms. The van der Waals surface area contributed by atoms with Crippen molar-refractivity contribution >= 4 is 34.0 Å². The Kier molecular flexibility index (Phi) is 4.36. The van der Waals surface area contributed by atoms with E-state index < -0.39 is 0 Å². The summed E-state index contributed by atoms with van der Waals surface area (Å²) < 4.78 is 0. The van der Waals surface area contributed by atoms with E-state index in [2.05, 4.69) is 36.4 Å². The molecule has 3 rings (SSSR count). The molecule has 0 aliphatic heterocycles. The first-order valence-electron chi connectivity index (χ1n) is 7.83. The van der Waals surface area contributed by atoms with E-state index in [-0.39, 0.29) is 0 Å². The molecule has 0 fully saturated rings. The van der Waals surface area contributed by atoms with Crippen molar-refractivity contribution in [3.63, 3.8) is 0 Å². The van der Waals surface area contributed by atoms with Gasteiger partial charge in [-0.1, -0.05) is 36.5 Å². The van der Waals surface area contributed by atoms with Crippen LogP contribution >= 0.6 is 12.2 Å². The number of nitrogen functional groups attached to an aromatic ring is 2. The summed E-state index contributed by atoms with van der Waals surface area (Å²) in [5.41, 5.74) is 20.2. The summed E-state index contributed by atoms with van der Waals surface area (Å²) in [5.74, 6) is 0. The zero-order chi connectivity index (χ0) is 17.3. The van der Waals surface area contributed by atoms with Crippen LogP contribution in [-0.2, 0) is 0 Å². The molecule has 0 saturated carbocycles. The van der Waals surface area contributed by atoms with E-state index in [0.29, 0.717) is 0 Å². The van der Waals surface area contributed by atoms with Gasteiger partial charge in [-0.15, -0.1) is 0 Å². The highest BCUT2D eigenvalue weighted by Gasteiger charge is 2.12. The molecular formula is C21H20N2S. The second kappa shape index (κ2) is 6.46. The molecule has 0 saturated heterocycles. The monoisotopic (exact) mass is 332 g/mol. The Balaban J connectivity index is 2.25. The predicted octanol–water partition coefficient (Wildman–Crippen LogP) is 4.77. The first-order chi connectivity index (χ1) is 11.5. The number of benzene rings is 2. The fourth-order valence-corrected chi connectivity index (χ4v) is 2.92. The van der Waals surface area contributed by atoms with Gasteiger partial charge in [0.1, 0.15) is 0 Å². The average Bonchev–Trinajstić information content (AvgIpc) is 2.56. The highest BCUT2D eigenvalue weighted by Crippen LogP contribution is 2.32. The van der Waals surface area contributed by atoms with E-state index in [4.69, 9.17) is 23.7 Å². The normalized spacial score (nSPS) is 13.4. The molecule has 4 N–H and O–H groups in total. The third-order valence-electron chi connectivity index (χ3n) is 4.26. The van der Waals surface area contributed by atoms with Crippen LogP contribution in [0.1, 0.15) is 22.3 Å². The summed E-state index contributed by atoms with van der Waals surface area (Å²) >= 11 is 5.23. The third-order valence-corrected chi connectivity index (χ3v) is 4.53. The van der Waals surface area contributed by atoms with E-state index in [1.54, 1.807) is 0 Å². The third kappa shape index (κ3) is 3.17. The molecule has 0 unspecified atom stereocenters. The van der Waals surface area contributed by atoms with Gasteiger partial charge in [0.2, 0.25) is 0 Å². The van der Waals surface area contributed by atoms with Gasteiger partial charge in [0, 0.05) is 16.2 Å². The Morgan fingerprint density at radius 3 is 1.62 bits per heavy atom. The number of hydrogen-bond donors (Lipinski definition) is 2. The molecule has 0 amide bonds. The summed E-state index contributed by atoms with van der Waals surface area (Å²) in [6, 6.07) is 12.3. The van der Waals surface area contributed by atoms with E-state index in [1.165, 1.54) is 0 Å². The number of nitrogens with two attached hydrogens (primary N) is 2. The molecule has 1 aliphatic carbocycles. The maximum Gasteiger partial charge on any atom is 0.0377 e. The highest BCUT2D eigenvalue weighted by atomic mass is 32.1. The number of hydrogen-bond acceptors (Lipinski definition) is 3. The van der Waals surface area contributed by atoms with E-state index >= 15 is 0 Å². The molecule has 0 bridgehead atoms. The Bertz CT molecular complexity index is 846. The van der Waals surface area contributed by atoms with Crippen LogP contribution in [0, 0.1) is 13.8 Å². The topological polar surface area (TPSA) is 52.0 Å². The fraction of sp³-hybridized carbons (Fsp3) is 0.0952. The van der Waals surface area contributed by atoms with Gasteiger partial charge in [-0.25, -0.2) is 0 Å². The first kappa shape index (κ1) is 16.2. The van der Waals surface area contributed by atoms with Gasteiger partial charge in [0.05, 0.1) is 0 Å².